The van der Waals surface area contributed by atoms with E-state index in [1.54, 1.807) is 7.11 Å². The van der Waals surface area contributed by atoms with Crippen LogP contribution in [0.3, 0.4) is 0 Å². The third kappa shape index (κ3) is 6.72. The molecule has 1 amide bonds. The first-order chi connectivity index (χ1) is 13.9. The smallest absolute Gasteiger partial charge is 0.328 e. The summed E-state index contributed by atoms with van der Waals surface area (Å²) in [5, 5.41) is 2.88. The van der Waals surface area contributed by atoms with Gasteiger partial charge in [0.1, 0.15) is 44.5 Å². The summed E-state index contributed by atoms with van der Waals surface area (Å²) < 4.78 is 10.4. The van der Waals surface area contributed by atoms with Gasteiger partial charge >= 0.3 is 5.97 Å². The van der Waals surface area contributed by atoms with Crippen molar-refractivity contribution in [3.63, 3.8) is 0 Å². The van der Waals surface area contributed by atoms with Crippen molar-refractivity contribution in [3.8, 4) is 5.75 Å². The standard InChI is InChI=1S/C22H35N3O4/c1-6-17(3)21(22(27)29-5)23-20(26)15-25-11-9-24(10-12-25)14-18-13-16(2)7-8-19(18)28-4/h7-8,13,17,21H,6,9-12,14-15H2,1-5H3,(H,23,26)/p+2/t17-,21+/m1/s1. The zero-order chi connectivity index (χ0) is 21.4. The minimum absolute atomic E-state index is 0.0481. The highest BCUT2D eigenvalue weighted by atomic mass is 16.5. The molecule has 2 atom stereocenters. The van der Waals surface area contributed by atoms with Crippen LogP contribution in [-0.4, -0.2) is 64.9 Å². The zero-order valence-electron chi connectivity index (χ0n) is 18.5. The highest BCUT2D eigenvalue weighted by Gasteiger charge is 2.30. The number of ether oxygens (including phenoxy) is 2. The van der Waals surface area contributed by atoms with Gasteiger partial charge in [-0.3, -0.25) is 4.79 Å². The summed E-state index contributed by atoms with van der Waals surface area (Å²) in [6.45, 7) is 11.3. The SMILES string of the molecule is CC[C@@H](C)[C@H](NC(=O)C[NH+]1CC[NH+](Cc2cc(C)ccc2OC)CC1)C(=O)OC. The van der Waals surface area contributed by atoms with E-state index in [-0.39, 0.29) is 17.8 Å². The largest absolute Gasteiger partial charge is 0.496 e. The summed E-state index contributed by atoms with van der Waals surface area (Å²) in [6.07, 6.45) is 0.803. The Labute approximate surface area is 174 Å². The van der Waals surface area contributed by atoms with Crippen LogP contribution in [0.5, 0.6) is 5.75 Å². The molecule has 2 rings (SSSR count). The molecule has 0 saturated carbocycles. The fraction of sp³-hybridized carbons (Fsp3) is 0.636. The lowest BCUT2D eigenvalue weighted by Crippen LogP contribution is -3.28. The van der Waals surface area contributed by atoms with E-state index < -0.39 is 6.04 Å². The van der Waals surface area contributed by atoms with Gasteiger partial charge < -0.3 is 24.6 Å². The molecule has 0 aliphatic carbocycles. The maximum Gasteiger partial charge on any atom is 0.328 e. The molecular weight excluding hydrogens is 370 g/mol. The Morgan fingerprint density at radius 1 is 1.14 bits per heavy atom. The molecule has 1 saturated heterocycles. The van der Waals surface area contributed by atoms with Gasteiger partial charge in [-0.15, -0.1) is 0 Å². The molecule has 1 aromatic carbocycles. The summed E-state index contributed by atoms with van der Waals surface area (Å²) in [6, 6.07) is 5.72. The van der Waals surface area contributed by atoms with Crippen LogP contribution >= 0.6 is 0 Å². The average Bonchev–Trinajstić information content (AvgIpc) is 2.72. The first-order valence-electron chi connectivity index (χ1n) is 10.6. The normalized spacial score (nSPS) is 21.1. The van der Waals surface area contributed by atoms with Crippen LogP contribution < -0.4 is 19.9 Å². The zero-order valence-corrected chi connectivity index (χ0v) is 18.5. The highest BCUT2D eigenvalue weighted by Crippen LogP contribution is 2.18. The van der Waals surface area contributed by atoms with Gasteiger partial charge in [0.2, 0.25) is 0 Å². The number of benzene rings is 1. The van der Waals surface area contributed by atoms with E-state index >= 15 is 0 Å². The number of piperazine rings is 1. The molecule has 1 fully saturated rings. The summed E-state index contributed by atoms with van der Waals surface area (Å²) in [5.41, 5.74) is 2.47. The maximum atomic E-state index is 12.5. The Hall–Kier alpha value is -2.12. The molecule has 7 heteroatoms. The highest BCUT2D eigenvalue weighted by molar-refractivity contribution is 5.85. The Balaban J connectivity index is 1.84. The Kier molecular flexibility index (Phi) is 8.92. The van der Waals surface area contributed by atoms with Gasteiger partial charge in [0.25, 0.3) is 5.91 Å². The molecule has 1 heterocycles. The Bertz CT molecular complexity index is 687. The van der Waals surface area contributed by atoms with Crippen molar-refractivity contribution < 1.29 is 28.9 Å². The minimum atomic E-state index is -0.572. The molecule has 3 N–H and O–H groups in total. The third-order valence-corrected chi connectivity index (χ3v) is 5.94. The second kappa shape index (κ2) is 11.2. The van der Waals surface area contributed by atoms with Crippen LogP contribution in [0.4, 0.5) is 0 Å². The van der Waals surface area contributed by atoms with Crippen LogP contribution in [0.25, 0.3) is 0 Å². The van der Waals surface area contributed by atoms with Gasteiger partial charge in [-0.1, -0.05) is 31.9 Å². The number of hydrogen-bond donors (Lipinski definition) is 3. The van der Waals surface area contributed by atoms with Crippen molar-refractivity contribution in [1.29, 1.82) is 0 Å². The van der Waals surface area contributed by atoms with Crippen LogP contribution in [0, 0.1) is 12.8 Å². The first kappa shape index (κ1) is 23.2. The van der Waals surface area contributed by atoms with E-state index in [1.165, 1.54) is 28.0 Å². The lowest BCUT2D eigenvalue weighted by Gasteiger charge is -2.30. The van der Waals surface area contributed by atoms with Crippen molar-refractivity contribution in [2.45, 2.75) is 39.8 Å². The van der Waals surface area contributed by atoms with Gasteiger partial charge in [-0.25, -0.2) is 4.79 Å². The molecule has 29 heavy (non-hydrogen) atoms. The summed E-state index contributed by atoms with van der Waals surface area (Å²) >= 11 is 0. The summed E-state index contributed by atoms with van der Waals surface area (Å²) in [4.78, 5) is 27.2. The Morgan fingerprint density at radius 3 is 2.38 bits per heavy atom. The topological polar surface area (TPSA) is 73.5 Å². The average molecular weight is 408 g/mol. The van der Waals surface area contributed by atoms with E-state index in [4.69, 9.17) is 9.47 Å². The second-order valence-corrected chi connectivity index (χ2v) is 8.12. The van der Waals surface area contributed by atoms with Crippen LogP contribution in [0.1, 0.15) is 31.4 Å². The predicted molar refractivity (Wildman–Crippen MR) is 111 cm³/mol. The van der Waals surface area contributed by atoms with Crippen molar-refractivity contribution in [1.82, 2.24) is 5.32 Å². The molecule has 1 aliphatic rings. The number of carbonyl (C=O) groups is 2. The minimum Gasteiger partial charge on any atom is -0.496 e. The molecule has 162 valence electrons. The molecule has 1 aliphatic heterocycles. The fourth-order valence-electron chi connectivity index (χ4n) is 3.87. The van der Waals surface area contributed by atoms with E-state index in [0.717, 1.165) is 44.9 Å². The van der Waals surface area contributed by atoms with Crippen molar-refractivity contribution >= 4 is 11.9 Å². The number of hydrogen-bond acceptors (Lipinski definition) is 4. The van der Waals surface area contributed by atoms with Gasteiger partial charge in [-0.2, -0.15) is 0 Å². The van der Waals surface area contributed by atoms with Gasteiger partial charge in [0, 0.05) is 5.56 Å². The number of quaternary nitrogens is 2. The van der Waals surface area contributed by atoms with E-state index in [9.17, 15) is 9.59 Å². The van der Waals surface area contributed by atoms with Crippen LogP contribution in [0.2, 0.25) is 0 Å². The molecule has 0 radical (unpaired) electrons. The number of rotatable bonds is 9. The lowest BCUT2D eigenvalue weighted by molar-refractivity contribution is -1.02. The maximum absolute atomic E-state index is 12.5. The molecular formula is C22H37N3O4+2. The van der Waals surface area contributed by atoms with Gasteiger partial charge in [0.15, 0.2) is 6.54 Å². The van der Waals surface area contributed by atoms with Crippen molar-refractivity contribution in [2.24, 2.45) is 5.92 Å². The molecule has 7 nitrogen and oxygen atoms in total. The Morgan fingerprint density at radius 2 is 1.79 bits per heavy atom. The van der Waals surface area contributed by atoms with Gasteiger partial charge in [-0.05, 0) is 25.0 Å². The predicted octanol–water partition coefficient (Wildman–Crippen LogP) is -1.01. The fourth-order valence-corrected chi connectivity index (χ4v) is 3.87. The quantitative estimate of drug-likeness (QED) is 0.459. The van der Waals surface area contributed by atoms with Gasteiger partial charge in [0.05, 0.1) is 14.2 Å². The first-order valence-corrected chi connectivity index (χ1v) is 10.6. The summed E-state index contributed by atoms with van der Waals surface area (Å²) in [5.74, 6) is 0.534. The third-order valence-electron chi connectivity index (χ3n) is 5.94. The monoisotopic (exact) mass is 407 g/mol. The lowest BCUT2D eigenvalue weighted by atomic mass is 9.99. The molecule has 0 bridgehead atoms. The second-order valence-electron chi connectivity index (χ2n) is 8.12. The van der Waals surface area contributed by atoms with E-state index in [2.05, 4.69) is 24.4 Å². The van der Waals surface area contributed by atoms with Crippen molar-refractivity contribution in [2.75, 3.05) is 46.9 Å². The molecule has 0 unspecified atom stereocenters. The van der Waals surface area contributed by atoms with E-state index in [1.807, 2.05) is 19.9 Å². The number of aryl methyl sites for hydroxylation is 1. The van der Waals surface area contributed by atoms with Crippen LogP contribution in [-0.2, 0) is 20.9 Å². The van der Waals surface area contributed by atoms with E-state index in [0.29, 0.717) is 6.54 Å². The molecule has 0 aromatic heterocycles. The molecule has 1 aromatic rings. The summed E-state index contributed by atoms with van der Waals surface area (Å²) in [7, 11) is 3.07. The number of amides is 1. The number of carbonyl (C=O) groups excluding carboxylic acids is 2. The number of esters is 1. The number of methoxy groups -OCH3 is 2. The number of nitrogens with one attached hydrogen (secondary N) is 3. The van der Waals surface area contributed by atoms with Crippen molar-refractivity contribution in [3.05, 3.63) is 29.3 Å². The van der Waals surface area contributed by atoms with Crippen LogP contribution in [0.15, 0.2) is 18.2 Å². The molecule has 0 spiro atoms.